The fourth-order valence-corrected chi connectivity index (χ4v) is 2.67. The van der Waals surface area contributed by atoms with Gasteiger partial charge in [-0.2, -0.15) is 0 Å². The first-order valence-electron chi connectivity index (χ1n) is 7.27. The second kappa shape index (κ2) is 6.08. The van der Waals surface area contributed by atoms with E-state index in [1.807, 2.05) is 12.1 Å². The number of hydrogen-bond donors (Lipinski definition) is 0. The molecular formula is C19H16O4. The van der Waals surface area contributed by atoms with Crippen molar-refractivity contribution in [2.24, 2.45) is 0 Å². The van der Waals surface area contributed by atoms with E-state index in [0.29, 0.717) is 22.6 Å². The van der Waals surface area contributed by atoms with Crippen molar-refractivity contribution < 1.29 is 19.1 Å². The van der Waals surface area contributed by atoms with Crippen LogP contribution >= 0.6 is 0 Å². The molecular weight excluding hydrogens is 292 g/mol. The largest absolute Gasteiger partial charge is 0.497 e. The highest BCUT2D eigenvalue weighted by Crippen LogP contribution is 2.39. The predicted octanol–water partition coefficient (Wildman–Crippen LogP) is 3.53. The normalized spacial score (nSPS) is 16.5. The molecule has 0 aliphatic carbocycles. The molecule has 2 aromatic rings. The molecule has 1 aliphatic rings. The Morgan fingerprint density at radius 1 is 1.17 bits per heavy atom. The molecule has 4 heteroatoms. The van der Waals surface area contributed by atoms with Crippen LogP contribution in [-0.4, -0.2) is 18.9 Å². The summed E-state index contributed by atoms with van der Waals surface area (Å²) >= 11 is 0. The van der Waals surface area contributed by atoms with Gasteiger partial charge in [-0.15, -0.1) is 0 Å². The number of fused-ring (bicyclic) bond motifs is 1. The molecule has 0 bridgehead atoms. The summed E-state index contributed by atoms with van der Waals surface area (Å²) in [4.78, 5) is 24.5. The standard InChI is InChI=1S/C19H16O4/c1-12-16(15-5-3-4-6-18(15)23-19(12)21)11-17(20)13-7-9-14(22-2)10-8-13/h3-10,16H,1,11H2,2H3/t16-/m1/s1. The lowest BCUT2D eigenvalue weighted by Crippen LogP contribution is -2.24. The molecule has 4 nitrogen and oxygen atoms in total. The third-order valence-electron chi connectivity index (χ3n) is 3.98. The first-order chi connectivity index (χ1) is 11.1. The third-order valence-corrected chi connectivity index (χ3v) is 3.98. The van der Waals surface area contributed by atoms with Gasteiger partial charge in [0.25, 0.3) is 0 Å². The molecule has 2 aromatic carbocycles. The van der Waals surface area contributed by atoms with Crippen LogP contribution < -0.4 is 9.47 Å². The summed E-state index contributed by atoms with van der Waals surface area (Å²) in [6.07, 6.45) is 0.178. The van der Waals surface area contributed by atoms with Crippen molar-refractivity contribution in [2.75, 3.05) is 7.11 Å². The van der Waals surface area contributed by atoms with Crippen LogP contribution in [0.15, 0.2) is 60.7 Å². The van der Waals surface area contributed by atoms with Crippen LogP contribution in [0.25, 0.3) is 0 Å². The molecule has 0 amide bonds. The van der Waals surface area contributed by atoms with Crippen molar-refractivity contribution in [1.29, 1.82) is 0 Å². The Hall–Kier alpha value is -2.88. The average molecular weight is 308 g/mol. The maximum atomic E-state index is 12.5. The van der Waals surface area contributed by atoms with E-state index >= 15 is 0 Å². The molecule has 23 heavy (non-hydrogen) atoms. The topological polar surface area (TPSA) is 52.6 Å². The van der Waals surface area contributed by atoms with E-state index in [1.165, 1.54) is 0 Å². The predicted molar refractivity (Wildman–Crippen MR) is 85.9 cm³/mol. The molecule has 1 aliphatic heterocycles. The van der Waals surface area contributed by atoms with Crippen molar-refractivity contribution in [3.8, 4) is 11.5 Å². The van der Waals surface area contributed by atoms with E-state index in [4.69, 9.17) is 9.47 Å². The highest BCUT2D eigenvalue weighted by atomic mass is 16.5. The van der Waals surface area contributed by atoms with Crippen LogP contribution in [0.4, 0.5) is 0 Å². The van der Waals surface area contributed by atoms with Gasteiger partial charge in [-0.05, 0) is 30.3 Å². The summed E-state index contributed by atoms with van der Waals surface area (Å²) in [6.45, 7) is 3.80. The summed E-state index contributed by atoms with van der Waals surface area (Å²) in [5, 5.41) is 0. The fourth-order valence-electron chi connectivity index (χ4n) is 2.67. The molecule has 1 heterocycles. The zero-order chi connectivity index (χ0) is 16.4. The minimum Gasteiger partial charge on any atom is -0.497 e. The average Bonchev–Trinajstić information content (AvgIpc) is 2.59. The maximum Gasteiger partial charge on any atom is 0.339 e. The van der Waals surface area contributed by atoms with Crippen molar-refractivity contribution in [1.82, 2.24) is 0 Å². The number of carbonyl (C=O) groups excluding carboxylic acids is 2. The Balaban J connectivity index is 1.87. The number of carbonyl (C=O) groups is 2. The lowest BCUT2D eigenvalue weighted by atomic mass is 9.84. The molecule has 0 fully saturated rings. The summed E-state index contributed by atoms with van der Waals surface area (Å²) in [7, 11) is 1.57. The molecule has 0 unspecified atom stereocenters. The van der Waals surface area contributed by atoms with Crippen LogP contribution in [0.3, 0.4) is 0 Å². The van der Waals surface area contributed by atoms with Crippen LogP contribution in [0.1, 0.15) is 28.3 Å². The summed E-state index contributed by atoms with van der Waals surface area (Å²) in [5.74, 6) is 0.302. The van der Waals surface area contributed by atoms with Gasteiger partial charge < -0.3 is 9.47 Å². The fraction of sp³-hybridized carbons (Fsp3) is 0.158. The second-order valence-electron chi connectivity index (χ2n) is 5.36. The highest BCUT2D eigenvalue weighted by Gasteiger charge is 2.32. The smallest absolute Gasteiger partial charge is 0.339 e. The molecule has 0 spiro atoms. The van der Waals surface area contributed by atoms with Gasteiger partial charge in [0.2, 0.25) is 0 Å². The van der Waals surface area contributed by atoms with Gasteiger partial charge in [0.05, 0.1) is 7.11 Å². The first-order valence-corrected chi connectivity index (χ1v) is 7.27. The quantitative estimate of drug-likeness (QED) is 0.375. The minimum absolute atomic E-state index is 0.0525. The SMILES string of the molecule is C=C1C(=O)Oc2ccccc2[C@@H]1CC(=O)c1ccc(OC)cc1. The number of ether oxygens (including phenoxy) is 2. The van der Waals surface area contributed by atoms with Gasteiger partial charge in [-0.1, -0.05) is 24.8 Å². The molecule has 0 saturated carbocycles. The number of Topliss-reactive ketones (excluding diaryl/α,β-unsaturated/α-hetero) is 1. The van der Waals surface area contributed by atoms with Crippen LogP contribution in [0.2, 0.25) is 0 Å². The van der Waals surface area contributed by atoms with E-state index < -0.39 is 5.97 Å². The Morgan fingerprint density at radius 3 is 2.57 bits per heavy atom. The molecule has 1 atom stereocenters. The lowest BCUT2D eigenvalue weighted by molar-refractivity contribution is -0.131. The zero-order valence-corrected chi connectivity index (χ0v) is 12.7. The summed E-state index contributed by atoms with van der Waals surface area (Å²) in [6, 6.07) is 14.2. The summed E-state index contributed by atoms with van der Waals surface area (Å²) in [5.41, 5.74) is 1.71. The maximum absolute atomic E-state index is 12.5. The van der Waals surface area contributed by atoms with Crippen LogP contribution in [0, 0.1) is 0 Å². The van der Waals surface area contributed by atoms with Crippen molar-refractivity contribution in [3.05, 3.63) is 71.8 Å². The monoisotopic (exact) mass is 308 g/mol. The zero-order valence-electron chi connectivity index (χ0n) is 12.7. The van der Waals surface area contributed by atoms with E-state index in [9.17, 15) is 9.59 Å². The molecule has 0 saturated heterocycles. The first kappa shape index (κ1) is 15.0. The van der Waals surface area contributed by atoms with E-state index in [2.05, 4.69) is 6.58 Å². The number of methoxy groups -OCH3 is 1. The van der Waals surface area contributed by atoms with E-state index in [1.54, 1.807) is 43.5 Å². The Labute approximate surface area is 134 Å². The third kappa shape index (κ3) is 2.88. The van der Waals surface area contributed by atoms with Crippen molar-refractivity contribution in [2.45, 2.75) is 12.3 Å². The van der Waals surface area contributed by atoms with E-state index in [0.717, 1.165) is 5.56 Å². The molecule has 3 rings (SSSR count). The highest BCUT2D eigenvalue weighted by molar-refractivity contribution is 6.00. The number of benzene rings is 2. The van der Waals surface area contributed by atoms with Gasteiger partial charge in [-0.3, -0.25) is 4.79 Å². The van der Waals surface area contributed by atoms with E-state index in [-0.39, 0.29) is 18.1 Å². The number of rotatable bonds is 4. The van der Waals surface area contributed by atoms with Gasteiger partial charge in [0.15, 0.2) is 5.78 Å². The van der Waals surface area contributed by atoms with Crippen molar-refractivity contribution >= 4 is 11.8 Å². The van der Waals surface area contributed by atoms with Crippen molar-refractivity contribution in [3.63, 3.8) is 0 Å². The summed E-state index contributed by atoms with van der Waals surface area (Å²) < 4.78 is 10.3. The number of esters is 1. The van der Waals surface area contributed by atoms with Gasteiger partial charge in [0, 0.05) is 29.0 Å². The Bertz CT molecular complexity index is 774. The number of hydrogen-bond acceptors (Lipinski definition) is 4. The van der Waals surface area contributed by atoms with Crippen LogP contribution in [-0.2, 0) is 4.79 Å². The van der Waals surface area contributed by atoms with Gasteiger partial charge in [0.1, 0.15) is 11.5 Å². The Morgan fingerprint density at radius 2 is 1.87 bits per heavy atom. The lowest BCUT2D eigenvalue weighted by Gasteiger charge is -2.25. The van der Waals surface area contributed by atoms with Crippen LogP contribution in [0.5, 0.6) is 11.5 Å². The van der Waals surface area contributed by atoms with Gasteiger partial charge in [-0.25, -0.2) is 4.79 Å². The molecule has 116 valence electrons. The number of para-hydroxylation sites is 1. The minimum atomic E-state index is -0.476. The molecule has 0 radical (unpaired) electrons. The Kier molecular flexibility index (Phi) is 3.98. The molecule has 0 N–H and O–H groups in total. The molecule has 0 aromatic heterocycles. The van der Waals surface area contributed by atoms with Gasteiger partial charge >= 0.3 is 5.97 Å². The second-order valence-corrected chi connectivity index (χ2v) is 5.36. The number of ketones is 1.